The predicted octanol–water partition coefficient (Wildman–Crippen LogP) is 3.12. The summed E-state index contributed by atoms with van der Waals surface area (Å²) in [5, 5.41) is 8.66. The van der Waals surface area contributed by atoms with Gasteiger partial charge in [0.1, 0.15) is 0 Å². The second kappa shape index (κ2) is 4.38. The second-order valence-corrected chi connectivity index (χ2v) is 3.65. The van der Waals surface area contributed by atoms with E-state index in [0.29, 0.717) is 5.92 Å². The van der Waals surface area contributed by atoms with Gasteiger partial charge < -0.3 is 0 Å². The number of hydrogen-bond donors (Lipinski definition) is 0. The molecule has 0 heterocycles. The van der Waals surface area contributed by atoms with Crippen LogP contribution in [-0.2, 0) is 0 Å². The van der Waals surface area contributed by atoms with Crippen molar-refractivity contribution >= 4 is 0 Å². The van der Waals surface area contributed by atoms with Crippen LogP contribution in [0.25, 0.3) is 0 Å². The summed E-state index contributed by atoms with van der Waals surface area (Å²) in [6.45, 7) is 2.23. The van der Waals surface area contributed by atoms with Gasteiger partial charge in [0.15, 0.2) is 0 Å². The Morgan fingerprint density at radius 1 is 1.45 bits per heavy atom. The molecule has 1 saturated carbocycles. The number of rotatable bonds is 3. The lowest BCUT2D eigenvalue weighted by Gasteiger charge is -2.06. The summed E-state index contributed by atoms with van der Waals surface area (Å²) in [6.07, 6.45) is 7.64. The third-order valence-corrected chi connectivity index (χ3v) is 2.69. The summed E-state index contributed by atoms with van der Waals surface area (Å²) in [4.78, 5) is 0. The van der Waals surface area contributed by atoms with Gasteiger partial charge >= 0.3 is 0 Å². The van der Waals surface area contributed by atoms with Crippen molar-refractivity contribution in [1.29, 1.82) is 5.26 Å². The van der Waals surface area contributed by atoms with Gasteiger partial charge in [-0.25, -0.2) is 0 Å². The lowest BCUT2D eigenvalue weighted by atomic mass is 10.00. The van der Waals surface area contributed by atoms with Crippen LogP contribution in [0.2, 0.25) is 0 Å². The Hall–Kier alpha value is -0.510. The van der Waals surface area contributed by atoms with Crippen LogP contribution < -0.4 is 0 Å². The molecule has 1 aliphatic carbocycles. The fourth-order valence-electron chi connectivity index (χ4n) is 1.95. The third-order valence-electron chi connectivity index (χ3n) is 2.69. The normalized spacial score (nSPS) is 30.2. The zero-order valence-electron chi connectivity index (χ0n) is 7.34. The fraction of sp³-hybridized carbons (Fsp3) is 0.900. The Labute approximate surface area is 69.4 Å². The maximum atomic E-state index is 8.66. The maximum Gasteiger partial charge on any atom is 0.0655 e. The van der Waals surface area contributed by atoms with Gasteiger partial charge in [-0.15, -0.1) is 0 Å². The molecule has 1 nitrogen and oxygen atoms in total. The Kier molecular flexibility index (Phi) is 3.42. The summed E-state index contributed by atoms with van der Waals surface area (Å²) in [5.41, 5.74) is 0. The largest absolute Gasteiger partial charge is 0.198 e. The molecule has 1 heteroatoms. The molecule has 0 aliphatic heterocycles. The van der Waals surface area contributed by atoms with Crippen LogP contribution in [0.15, 0.2) is 0 Å². The maximum absolute atomic E-state index is 8.66. The quantitative estimate of drug-likeness (QED) is 0.608. The molecule has 0 radical (unpaired) electrons. The van der Waals surface area contributed by atoms with E-state index in [-0.39, 0.29) is 0 Å². The Morgan fingerprint density at radius 3 is 2.82 bits per heavy atom. The van der Waals surface area contributed by atoms with Gasteiger partial charge in [0.25, 0.3) is 0 Å². The first-order valence-corrected chi connectivity index (χ1v) is 4.76. The van der Waals surface area contributed by atoms with Crippen molar-refractivity contribution in [2.75, 3.05) is 0 Å². The Bertz CT molecular complexity index is 145. The van der Waals surface area contributed by atoms with E-state index in [4.69, 9.17) is 5.26 Å². The number of nitrogens with zero attached hydrogens (tertiary/aromatic N) is 1. The molecule has 0 aromatic heterocycles. The lowest BCUT2D eigenvalue weighted by molar-refractivity contribution is 0.471. The van der Waals surface area contributed by atoms with E-state index >= 15 is 0 Å². The van der Waals surface area contributed by atoms with Gasteiger partial charge in [-0.3, -0.25) is 0 Å². The second-order valence-electron chi connectivity index (χ2n) is 3.65. The highest BCUT2D eigenvalue weighted by atomic mass is 14.3. The minimum Gasteiger partial charge on any atom is -0.198 e. The van der Waals surface area contributed by atoms with Crippen molar-refractivity contribution in [3.63, 3.8) is 0 Å². The molecule has 0 amide bonds. The van der Waals surface area contributed by atoms with E-state index in [1.165, 1.54) is 32.1 Å². The molecular weight excluding hydrogens is 134 g/mol. The van der Waals surface area contributed by atoms with Crippen molar-refractivity contribution in [3.05, 3.63) is 0 Å². The van der Waals surface area contributed by atoms with Crippen LogP contribution in [0.5, 0.6) is 0 Å². The van der Waals surface area contributed by atoms with Gasteiger partial charge in [-0.1, -0.05) is 26.2 Å². The van der Waals surface area contributed by atoms with Gasteiger partial charge in [0.05, 0.1) is 6.07 Å². The van der Waals surface area contributed by atoms with Crippen LogP contribution in [0, 0.1) is 23.2 Å². The minimum absolute atomic E-state index is 0.386. The average molecular weight is 151 g/mol. The number of unbranched alkanes of at least 4 members (excludes halogenated alkanes) is 1. The van der Waals surface area contributed by atoms with E-state index < -0.39 is 0 Å². The summed E-state index contributed by atoms with van der Waals surface area (Å²) in [7, 11) is 0. The molecule has 1 rings (SSSR count). The number of hydrogen-bond acceptors (Lipinski definition) is 1. The van der Waals surface area contributed by atoms with Gasteiger partial charge in [-0.05, 0) is 25.2 Å². The standard InChI is InChI=1S/C10H17N/c1-2-3-4-9-5-6-10(7-9)8-11/h9-10H,2-7H2,1H3/t9-,10?/m0/s1. The molecule has 11 heavy (non-hydrogen) atoms. The van der Waals surface area contributed by atoms with E-state index in [2.05, 4.69) is 13.0 Å². The van der Waals surface area contributed by atoms with Crippen LogP contribution in [0.4, 0.5) is 0 Å². The highest BCUT2D eigenvalue weighted by Gasteiger charge is 2.23. The van der Waals surface area contributed by atoms with Crippen molar-refractivity contribution in [3.8, 4) is 6.07 Å². The first kappa shape index (κ1) is 8.59. The highest BCUT2D eigenvalue weighted by Crippen LogP contribution is 2.33. The number of nitriles is 1. The lowest BCUT2D eigenvalue weighted by Crippen LogP contribution is -1.94. The Balaban J connectivity index is 2.15. The van der Waals surface area contributed by atoms with Crippen LogP contribution in [0.1, 0.15) is 45.4 Å². The molecule has 1 fully saturated rings. The summed E-state index contributed by atoms with van der Waals surface area (Å²) < 4.78 is 0. The van der Waals surface area contributed by atoms with Crippen LogP contribution in [-0.4, -0.2) is 0 Å². The summed E-state index contributed by atoms with van der Waals surface area (Å²) >= 11 is 0. The van der Waals surface area contributed by atoms with Crippen molar-refractivity contribution in [1.82, 2.24) is 0 Å². The fourth-order valence-corrected chi connectivity index (χ4v) is 1.95. The molecule has 62 valence electrons. The van der Waals surface area contributed by atoms with Crippen molar-refractivity contribution in [2.45, 2.75) is 45.4 Å². The van der Waals surface area contributed by atoms with Crippen molar-refractivity contribution < 1.29 is 0 Å². The first-order valence-electron chi connectivity index (χ1n) is 4.76. The van der Waals surface area contributed by atoms with Crippen molar-refractivity contribution in [2.24, 2.45) is 11.8 Å². The zero-order chi connectivity index (χ0) is 8.10. The molecular formula is C10H17N. The summed E-state index contributed by atoms with van der Waals surface area (Å²) in [6, 6.07) is 2.37. The zero-order valence-corrected chi connectivity index (χ0v) is 7.34. The molecule has 0 N–H and O–H groups in total. The molecule has 0 saturated heterocycles. The smallest absolute Gasteiger partial charge is 0.0655 e. The van der Waals surface area contributed by atoms with E-state index in [9.17, 15) is 0 Å². The van der Waals surface area contributed by atoms with E-state index in [0.717, 1.165) is 12.3 Å². The average Bonchev–Trinajstić information content (AvgIpc) is 2.48. The van der Waals surface area contributed by atoms with Gasteiger partial charge in [0, 0.05) is 5.92 Å². The highest BCUT2D eigenvalue weighted by molar-refractivity contribution is 4.89. The van der Waals surface area contributed by atoms with Gasteiger partial charge in [0.2, 0.25) is 0 Å². The molecule has 1 unspecified atom stereocenters. The minimum atomic E-state index is 0.386. The van der Waals surface area contributed by atoms with Crippen LogP contribution in [0.3, 0.4) is 0 Å². The molecule has 2 atom stereocenters. The monoisotopic (exact) mass is 151 g/mol. The molecule has 0 aromatic rings. The topological polar surface area (TPSA) is 23.8 Å². The van der Waals surface area contributed by atoms with Crippen LogP contribution >= 0.6 is 0 Å². The SMILES string of the molecule is CCCC[C@H]1CCC(C#N)C1. The molecule has 0 bridgehead atoms. The van der Waals surface area contributed by atoms with E-state index in [1.54, 1.807) is 0 Å². The third kappa shape index (κ3) is 2.54. The predicted molar refractivity (Wildman–Crippen MR) is 46.0 cm³/mol. The van der Waals surface area contributed by atoms with E-state index in [1.807, 2.05) is 0 Å². The Morgan fingerprint density at radius 2 is 2.27 bits per heavy atom. The molecule has 1 aliphatic rings. The summed E-state index contributed by atoms with van der Waals surface area (Å²) in [5.74, 6) is 1.26. The molecule has 0 spiro atoms. The first-order chi connectivity index (χ1) is 5.36. The molecule has 0 aromatic carbocycles. The van der Waals surface area contributed by atoms with Gasteiger partial charge in [-0.2, -0.15) is 5.26 Å².